The zero-order chi connectivity index (χ0) is 13.7. The Balaban J connectivity index is 1.99. The van der Waals surface area contributed by atoms with Gasteiger partial charge in [-0.1, -0.05) is 0 Å². The molecule has 0 saturated heterocycles. The lowest BCUT2D eigenvalue weighted by molar-refractivity contribution is 0.168. The summed E-state index contributed by atoms with van der Waals surface area (Å²) in [6.07, 6.45) is 1.60. The molecule has 5 heteroatoms. The number of carbonyl (C=O) groups excluding carboxylic acids is 1. The molecule has 1 N–H and O–H groups in total. The molecule has 0 fully saturated rings. The Bertz CT molecular complexity index is 508. The SMILES string of the molecule is CCOC(=O)Nc1ccc2c(c1)CC(CCC#N)O2. The standard InChI is InChI=1S/C14H16N2O3/c1-2-18-14(17)16-11-5-6-13-10(8-11)9-12(19-13)4-3-7-15/h5-6,8,12H,2-4,9H2,1H3,(H,16,17). The van der Waals surface area contributed by atoms with Crippen molar-refractivity contribution in [2.75, 3.05) is 11.9 Å². The van der Waals surface area contributed by atoms with Crippen molar-refractivity contribution in [3.63, 3.8) is 0 Å². The number of rotatable bonds is 4. The summed E-state index contributed by atoms with van der Waals surface area (Å²) in [7, 11) is 0. The lowest BCUT2D eigenvalue weighted by atomic mass is 10.1. The highest BCUT2D eigenvalue weighted by molar-refractivity contribution is 5.84. The molecular weight excluding hydrogens is 244 g/mol. The number of amides is 1. The molecule has 0 saturated carbocycles. The van der Waals surface area contributed by atoms with Gasteiger partial charge in [-0.2, -0.15) is 5.26 Å². The number of ether oxygens (including phenoxy) is 2. The number of anilines is 1. The maximum atomic E-state index is 11.3. The Labute approximate surface area is 112 Å². The van der Waals surface area contributed by atoms with Gasteiger partial charge < -0.3 is 9.47 Å². The second kappa shape index (κ2) is 6.10. The van der Waals surface area contributed by atoms with Crippen LogP contribution in [0.1, 0.15) is 25.3 Å². The molecule has 0 aromatic heterocycles. The molecule has 1 heterocycles. The highest BCUT2D eigenvalue weighted by Crippen LogP contribution is 2.32. The fourth-order valence-electron chi connectivity index (χ4n) is 2.07. The first-order valence-electron chi connectivity index (χ1n) is 6.33. The van der Waals surface area contributed by atoms with Crippen LogP contribution in [0.5, 0.6) is 5.75 Å². The molecule has 1 atom stereocenters. The molecule has 5 nitrogen and oxygen atoms in total. The van der Waals surface area contributed by atoms with Crippen molar-refractivity contribution >= 4 is 11.8 Å². The van der Waals surface area contributed by atoms with E-state index in [0.29, 0.717) is 18.7 Å². The van der Waals surface area contributed by atoms with Gasteiger partial charge >= 0.3 is 6.09 Å². The van der Waals surface area contributed by atoms with Crippen molar-refractivity contribution in [3.05, 3.63) is 23.8 Å². The molecule has 1 amide bonds. The van der Waals surface area contributed by atoms with Gasteiger partial charge in [0.25, 0.3) is 0 Å². The van der Waals surface area contributed by atoms with Crippen molar-refractivity contribution in [2.24, 2.45) is 0 Å². The van der Waals surface area contributed by atoms with Gasteiger partial charge in [-0.3, -0.25) is 5.32 Å². The third kappa shape index (κ3) is 3.38. The van der Waals surface area contributed by atoms with Crippen LogP contribution in [0, 0.1) is 11.3 Å². The zero-order valence-electron chi connectivity index (χ0n) is 10.8. The largest absolute Gasteiger partial charge is 0.490 e. The van der Waals surface area contributed by atoms with Crippen LogP contribution in [-0.4, -0.2) is 18.8 Å². The molecule has 1 aliphatic heterocycles. The molecule has 1 aliphatic rings. The second-order valence-corrected chi connectivity index (χ2v) is 4.31. The van der Waals surface area contributed by atoms with E-state index in [9.17, 15) is 4.79 Å². The average molecular weight is 260 g/mol. The number of hydrogen-bond donors (Lipinski definition) is 1. The highest BCUT2D eigenvalue weighted by Gasteiger charge is 2.22. The van der Waals surface area contributed by atoms with E-state index >= 15 is 0 Å². The molecule has 0 spiro atoms. The van der Waals surface area contributed by atoms with Crippen LogP contribution in [0.4, 0.5) is 10.5 Å². The minimum Gasteiger partial charge on any atom is -0.490 e. The summed E-state index contributed by atoms with van der Waals surface area (Å²) >= 11 is 0. The fraction of sp³-hybridized carbons (Fsp3) is 0.429. The van der Waals surface area contributed by atoms with Gasteiger partial charge in [0.15, 0.2) is 0 Å². The van der Waals surface area contributed by atoms with Crippen molar-refractivity contribution in [3.8, 4) is 11.8 Å². The summed E-state index contributed by atoms with van der Waals surface area (Å²) in [5.74, 6) is 0.831. The third-order valence-electron chi connectivity index (χ3n) is 2.90. The Kier molecular flexibility index (Phi) is 4.24. The van der Waals surface area contributed by atoms with Crippen LogP contribution in [0.3, 0.4) is 0 Å². The summed E-state index contributed by atoms with van der Waals surface area (Å²) in [6.45, 7) is 2.10. The summed E-state index contributed by atoms with van der Waals surface area (Å²) in [4.78, 5) is 11.3. The van der Waals surface area contributed by atoms with E-state index in [1.807, 2.05) is 12.1 Å². The molecule has 1 unspecified atom stereocenters. The average Bonchev–Trinajstić information content (AvgIpc) is 2.78. The van der Waals surface area contributed by atoms with Crippen molar-refractivity contribution in [2.45, 2.75) is 32.3 Å². The van der Waals surface area contributed by atoms with Crippen LogP contribution in [-0.2, 0) is 11.2 Å². The Morgan fingerprint density at radius 2 is 2.47 bits per heavy atom. The Morgan fingerprint density at radius 3 is 3.21 bits per heavy atom. The maximum Gasteiger partial charge on any atom is 0.411 e. The predicted octanol–water partition coefficient (Wildman–Crippen LogP) is 2.86. The zero-order valence-corrected chi connectivity index (χ0v) is 10.8. The number of fused-ring (bicyclic) bond motifs is 1. The first-order valence-corrected chi connectivity index (χ1v) is 6.33. The Hall–Kier alpha value is -2.22. The van der Waals surface area contributed by atoms with E-state index in [2.05, 4.69) is 11.4 Å². The van der Waals surface area contributed by atoms with Crippen molar-refractivity contribution in [1.29, 1.82) is 5.26 Å². The van der Waals surface area contributed by atoms with E-state index in [0.717, 1.165) is 24.2 Å². The molecule has 19 heavy (non-hydrogen) atoms. The number of nitriles is 1. The molecule has 100 valence electrons. The smallest absolute Gasteiger partial charge is 0.411 e. The topological polar surface area (TPSA) is 71.3 Å². The number of nitrogens with zero attached hydrogens (tertiary/aromatic N) is 1. The van der Waals surface area contributed by atoms with Gasteiger partial charge in [-0.05, 0) is 37.1 Å². The molecule has 0 radical (unpaired) electrons. The first-order chi connectivity index (χ1) is 9.22. The van der Waals surface area contributed by atoms with E-state index < -0.39 is 6.09 Å². The van der Waals surface area contributed by atoms with E-state index in [-0.39, 0.29) is 6.10 Å². The van der Waals surface area contributed by atoms with E-state index in [4.69, 9.17) is 14.7 Å². The van der Waals surface area contributed by atoms with Crippen LogP contribution in [0.2, 0.25) is 0 Å². The monoisotopic (exact) mass is 260 g/mol. The number of nitrogens with one attached hydrogen (secondary N) is 1. The van der Waals surface area contributed by atoms with Crippen LogP contribution in [0.15, 0.2) is 18.2 Å². The molecule has 1 aromatic carbocycles. The molecule has 2 rings (SSSR count). The number of hydrogen-bond acceptors (Lipinski definition) is 4. The second-order valence-electron chi connectivity index (χ2n) is 4.31. The number of carbonyl (C=O) groups is 1. The lowest BCUT2D eigenvalue weighted by Crippen LogP contribution is -2.13. The quantitative estimate of drug-likeness (QED) is 0.903. The molecular formula is C14H16N2O3. The number of benzene rings is 1. The summed E-state index contributed by atoms with van der Waals surface area (Å²) in [6, 6.07) is 7.62. The first kappa shape index (κ1) is 13.2. The molecule has 0 bridgehead atoms. The normalized spacial score (nSPS) is 16.1. The van der Waals surface area contributed by atoms with Crippen LogP contribution < -0.4 is 10.1 Å². The van der Waals surface area contributed by atoms with Gasteiger partial charge in [-0.15, -0.1) is 0 Å². The summed E-state index contributed by atoms with van der Waals surface area (Å²) in [5, 5.41) is 11.2. The lowest BCUT2D eigenvalue weighted by Gasteiger charge is -2.07. The van der Waals surface area contributed by atoms with Gasteiger partial charge in [-0.25, -0.2) is 4.79 Å². The van der Waals surface area contributed by atoms with Crippen molar-refractivity contribution < 1.29 is 14.3 Å². The summed E-state index contributed by atoms with van der Waals surface area (Å²) in [5.41, 5.74) is 1.75. The van der Waals surface area contributed by atoms with Gasteiger partial charge in [0.05, 0.1) is 12.7 Å². The minimum absolute atomic E-state index is 0.0625. The van der Waals surface area contributed by atoms with E-state index in [1.165, 1.54) is 0 Å². The van der Waals surface area contributed by atoms with Gasteiger partial charge in [0.1, 0.15) is 11.9 Å². The molecule has 1 aromatic rings. The summed E-state index contributed by atoms with van der Waals surface area (Å²) < 4.78 is 10.5. The van der Waals surface area contributed by atoms with E-state index in [1.54, 1.807) is 13.0 Å². The van der Waals surface area contributed by atoms with Crippen molar-refractivity contribution in [1.82, 2.24) is 0 Å². The predicted molar refractivity (Wildman–Crippen MR) is 70.1 cm³/mol. The Morgan fingerprint density at radius 1 is 1.63 bits per heavy atom. The van der Waals surface area contributed by atoms with Crippen LogP contribution in [0.25, 0.3) is 0 Å². The highest BCUT2D eigenvalue weighted by atomic mass is 16.5. The van der Waals surface area contributed by atoms with Crippen LogP contribution >= 0.6 is 0 Å². The molecule has 0 aliphatic carbocycles. The maximum absolute atomic E-state index is 11.3. The van der Waals surface area contributed by atoms with Gasteiger partial charge in [0.2, 0.25) is 0 Å². The third-order valence-corrected chi connectivity index (χ3v) is 2.90. The fourth-order valence-corrected chi connectivity index (χ4v) is 2.07. The minimum atomic E-state index is -0.456. The van der Waals surface area contributed by atoms with Gasteiger partial charge in [0, 0.05) is 18.5 Å².